The van der Waals surface area contributed by atoms with Crippen molar-refractivity contribution in [1.82, 2.24) is 0 Å². The summed E-state index contributed by atoms with van der Waals surface area (Å²) >= 11 is 0. The Kier molecular flexibility index (Phi) is 5.28. The Labute approximate surface area is 142 Å². The predicted molar refractivity (Wildman–Crippen MR) is 90.3 cm³/mol. The number of hydrogen-bond donors (Lipinski definition) is 1. The van der Waals surface area contributed by atoms with Gasteiger partial charge in [-0.25, -0.2) is 4.79 Å². The molecule has 126 valence electrons. The molecule has 2 atom stereocenters. The molecule has 0 spiro atoms. The largest absolute Gasteiger partial charge is 0.463 e. The Bertz CT molecular complexity index is 656. The highest BCUT2D eigenvalue weighted by Crippen LogP contribution is 2.39. The van der Waals surface area contributed by atoms with E-state index in [1.807, 2.05) is 36.4 Å². The summed E-state index contributed by atoms with van der Waals surface area (Å²) in [7, 11) is 0. The van der Waals surface area contributed by atoms with E-state index in [1.54, 1.807) is 24.3 Å². The van der Waals surface area contributed by atoms with Crippen LogP contribution in [0.15, 0.2) is 60.7 Å². The van der Waals surface area contributed by atoms with Crippen LogP contribution in [0.1, 0.15) is 36.5 Å². The summed E-state index contributed by atoms with van der Waals surface area (Å²) in [4.78, 5) is 12.8. The zero-order chi connectivity index (χ0) is 16.8. The minimum Gasteiger partial charge on any atom is -0.463 e. The standard InChI is InChI=1S/C20H22O4/c21-19-20(22,17-12-6-2-7-13-17)18(16-10-4-1-5-11-16)23-14-8-3-9-15-24-19/h1-2,4-7,10-13,18,22H,3,8-9,14-15H2. The average Bonchev–Trinajstić information content (AvgIpc) is 2.64. The van der Waals surface area contributed by atoms with Gasteiger partial charge in [-0.1, -0.05) is 60.7 Å². The second kappa shape index (κ2) is 7.60. The van der Waals surface area contributed by atoms with Gasteiger partial charge in [-0.3, -0.25) is 0 Å². The number of hydrogen-bond acceptors (Lipinski definition) is 4. The lowest BCUT2D eigenvalue weighted by Gasteiger charge is -2.35. The molecule has 1 saturated heterocycles. The molecular weight excluding hydrogens is 304 g/mol. The third-order valence-corrected chi connectivity index (χ3v) is 4.31. The van der Waals surface area contributed by atoms with E-state index >= 15 is 0 Å². The van der Waals surface area contributed by atoms with Crippen molar-refractivity contribution < 1.29 is 19.4 Å². The van der Waals surface area contributed by atoms with Crippen LogP contribution in [0.25, 0.3) is 0 Å². The van der Waals surface area contributed by atoms with E-state index in [9.17, 15) is 9.90 Å². The molecule has 1 aliphatic rings. The van der Waals surface area contributed by atoms with Crippen LogP contribution in [0, 0.1) is 0 Å². The molecule has 1 N–H and O–H groups in total. The van der Waals surface area contributed by atoms with Crippen LogP contribution < -0.4 is 0 Å². The van der Waals surface area contributed by atoms with Crippen molar-refractivity contribution in [3.63, 3.8) is 0 Å². The third-order valence-electron chi connectivity index (χ3n) is 4.31. The summed E-state index contributed by atoms with van der Waals surface area (Å²) in [6.07, 6.45) is 1.76. The number of cyclic esters (lactones) is 1. The summed E-state index contributed by atoms with van der Waals surface area (Å²) in [5.41, 5.74) is -0.647. The lowest BCUT2D eigenvalue weighted by molar-refractivity contribution is -0.189. The van der Waals surface area contributed by atoms with Gasteiger partial charge in [0, 0.05) is 6.61 Å². The van der Waals surface area contributed by atoms with Crippen LogP contribution in [0.4, 0.5) is 0 Å². The first-order valence-electron chi connectivity index (χ1n) is 8.34. The Morgan fingerprint density at radius 1 is 0.875 bits per heavy atom. The summed E-state index contributed by atoms with van der Waals surface area (Å²) in [5.74, 6) is -0.663. The number of rotatable bonds is 2. The number of ether oxygens (including phenoxy) is 2. The topological polar surface area (TPSA) is 55.8 Å². The van der Waals surface area contributed by atoms with Crippen LogP contribution in [0.3, 0.4) is 0 Å². The molecule has 0 amide bonds. The normalized spacial score (nSPS) is 25.7. The molecule has 1 heterocycles. The molecule has 2 unspecified atom stereocenters. The van der Waals surface area contributed by atoms with E-state index in [-0.39, 0.29) is 0 Å². The number of carbonyl (C=O) groups excluding carboxylic acids is 1. The monoisotopic (exact) mass is 326 g/mol. The van der Waals surface area contributed by atoms with Gasteiger partial charge in [0.25, 0.3) is 0 Å². The molecule has 2 aromatic carbocycles. The molecule has 0 aliphatic carbocycles. The van der Waals surface area contributed by atoms with Gasteiger partial charge >= 0.3 is 5.97 Å². The van der Waals surface area contributed by atoms with Crippen molar-refractivity contribution in [2.75, 3.05) is 13.2 Å². The molecule has 1 fully saturated rings. The first-order valence-corrected chi connectivity index (χ1v) is 8.34. The van der Waals surface area contributed by atoms with Gasteiger partial charge in [-0.2, -0.15) is 0 Å². The zero-order valence-electron chi connectivity index (χ0n) is 13.6. The maximum Gasteiger partial charge on any atom is 0.346 e. The Morgan fingerprint density at radius 3 is 2.21 bits per heavy atom. The van der Waals surface area contributed by atoms with E-state index in [4.69, 9.17) is 9.47 Å². The fourth-order valence-electron chi connectivity index (χ4n) is 3.01. The highest BCUT2D eigenvalue weighted by molar-refractivity contribution is 5.82. The second-order valence-corrected chi connectivity index (χ2v) is 5.99. The molecule has 0 saturated carbocycles. The van der Waals surface area contributed by atoms with E-state index < -0.39 is 17.7 Å². The summed E-state index contributed by atoms with van der Waals surface area (Å²) in [5, 5.41) is 11.4. The van der Waals surface area contributed by atoms with Crippen LogP contribution in [-0.4, -0.2) is 24.3 Å². The van der Waals surface area contributed by atoms with Crippen molar-refractivity contribution in [3.05, 3.63) is 71.8 Å². The lowest BCUT2D eigenvalue weighted by atomic mass is 9.84. The van der Waals surface area contributed by atoms with Gasteiger partial charge in [0.05, 0.1) is 6.61 Å². The van der Waals surface area contributed by atoms with Crippen LogP contribution >= 0.6 is 0 Å². The van der Waals surface area contributed by atoms with Gasteiger partial charge in [-0.15, -0.1) is 0 Å². The molecule has 0 bridgehead atoms. The van der Waals surface area contributed by atoms with Gasteiger partial charge < -0.3 is 14.6 Å². The zero-order valence-corrected chi connectivity index (χ0v) is 13.6. The van der Waals surface area contributed by atoms with Crippen molar-refractivity contribution in [3.8, 4) is 0 Å². The minimum atomic E-state index is -1.88. The Morgan fingerprint density at radius 2 is 1.50 bits per heavy atom. The Balaban J connectivity index is 2.08. The minimum absolute atomic E-state index is 0.315. The quantitative estimate of drug-likeness (QED) is 0.860. The number of aliphatic hydroxyl groups is 1. The average molecular weight is 326 g/mol. The SMILES string of the molecule is O=C1OCCCCCOC(c2ccccc2)C1(O)c1ccccc1. The molecule has 2 aromatic rings. The first kappa shape index (κ1) is 16.7. The summed E-state index contributed by atoms with van der Waals surface area (Å²) in [6, 6.07) is 18.2. The number of carbonyl (C=O) groups is 1. The van der Waals surface area contributed by atoms with Gasteiger partial charge in [0.1, 0.15) is 6.10 Å². The van der Waals surface area contributed by atoms with Crippen LogP contribution in [0.2, 0.25) is 0 Å². The number of esters is 1. The third kappa shape index (κ3) is 3.35. The molecule has 3 rings (SSSR count). The van der Waals surface area contributed by atoms with Gasteiger partial charge in [0.2, 0.25) is 5.60 Å². The van der Waals surface area contributed by atoms with Crippen molar-refractivity contribution >= 4 is 5.97 Å². The molecule has 0 aromatic heterocycles. The first-order chi connectivity index (χ1) is 11.7. The molecular formula is C20H22O4. The van der Waals surface area contributed by atoms with Crippen molar-refractivity contribution in [1.29, 1.82) is 0 Å². The highest BCUT2D eigenvalue weighted by atomic mass is 16.6. The summed E-state index contributed by atoms with van der Waals surface area (Å²) in [6.45, 7) is 0.803. The van der Waals surface area contributed by atoms with Crippen LogP contribution in [-0.2, 0) is 19.9 Å². The maximum atomic E-state index is 12.8. The van der Waals surface area contributed by atoms with Crippen molar-refractivity contribution in [2.24, 2.45) is 0 Å². The van der Waals surface area contributed by atoms with Gasteiger partial charge in [0.15, 0.2) is 0 Å². The molecule has 24 heavy (non-hydrogen) atoms. The molecule has 1 aliphatic heterocycles. The van der Waals surface area contributed by atoms with E-state index in [1.165, 1.54) is 0 Å². The molecule has 4 nitrogen and oxygen atoms in total. The summed E-state index contributed by atoms with van der Waals surface area (Å²) < 4.78 is 11.4. The van der Waals surface area contributed by atoms with E-state index in [2.05, 4.69) is 0 Å². The van der Waals surface area contributed by atoms with Gasteiger partial charge in [-0.05, 0) is 30.4 Å². The lowest BCUT2D eigenvalue weighted by Crippen LogP contribution is -2.44. The van der Waals surface area contributed by atoms with E-state index in [0.717, 1.165) is 24.8 Å². The van der Waals surface area contributed by atoms with Crippen molar-refractivity contribution in [2.45, 2.75) is 31.0 Å². The predicted octanol–water partition coefficient (Wildman–Crippen LogP) is 3.36. The highest BCUT2D eigenvalue weighted by Gasteiger charge is 2.49. The fraction of sp³-hybridized carbons (Fsp3) is 0.350. The van der Waals surface area contributed by atoms with E-state index in [0.29, 0.717) is 18.8 Å². The molecule has 4 heteroatoms. The molecule has 0 radical (unpaired) electrons. The second-order valence-electron chi connectivity index (χ2n) is 5.99. The smallest absolute Gasteiger partial charge is 0.346 e. The Hall–Kier alpha value is -2.17. The maximum absolute atomic E-state index is 12.8. The van der Waals surface area contributed by atoms with Crippen LogP contribution in [0.5, 0.6) is 0 Å². The fourth-order valence-corrected chi connectivity index (χ4v) is 3.01. The number of benzene rings is 2.